The Hall–Kier alpha value is -2.14. The van der Waals surface area contributed by atoms with Gasteiger partial charge in [-0.25, -0.2) is 0 Å². The Balaban J connectivity index is 1.80. The SMILES string of the molecule is CCOC(=O)C1C2CCC3=NN=CC3=C2N(C)C1(Cl)Cc1ccccc1. The van der Waals surface area contributed by atoms with E-state index in [0.29, 0.717) is 13.0 Å². The molecule has 0 bridgehead atoms. The zero-order valence-corrected chi connectivity index (χ0v) is 15.7. The Kier molecular flexibility index (Phi) is 4.35. The van der Waals surface area contributed by atoms with Crippen molar-refractivity contribution < 1.29 is 9.53 Å². The van der Waals surface area contributed by atoms with Crippen LogP contribution in [0.5, 0.6) is 0 Å². The van der Waals surface area contributed by atoms with Crippen LogP contribution < -0.4 is 0 Å². The number of likely N-dealkylation sites (tertiary alicyclic amines) is 1. The van der Waals surface area contributed by atoms with Gasteiger partial charge in [-0.1, -0.05) is 41.9 Å². The lowest BCUT2D eigenvalue weighted by atomic mass is 9.78. The molecule has 6 heteroatoms. The van der Waals surface area contributed by atoms with Gasteiger partial charge in [-0.2, -0.15) is 10.2 Å². The van der Waals surface area contributed by atoms with E-state index in [4.69, 9.17) is 16.3 Å². The van der Waals surface area contributed by atoms with Crippen molar-refractivity contribution in [2.24, 2.45) is 22.0 Å². The van der Waals surface area contributed by atoms with Gasteiger partial charge in [0.25, 0.3) is 0 Å². The number of hydrogen-bond donors (Lipinski definition) is 0. The Morgan fingerprint density at radius 1 is 1.38 bits per heavy atom. The quantitative estimate of drug-likeness (QED) is 0.463. The van der Waals surface area contributed by atoms with E-state index in [9.17, 15) is 4.79 Å². The van der Waals surface area contributed by atoms with Gasteiger partial charge >= 0.3 is 5.97 Å². The highest BCUT2D eigenvalue weighted by molar-refractivity contribution is 6.26. The Labute approximate surface area is 158 Å². The van der Waals surface area contributed by atoms with Crippen LogP contribution in [0, 0.1) is 11.8 Å². The highest BCUT2D eigenvalue weighted by Gasteiger charge is 2.59. The van der Waals surface area contributed by atoms with Gasteiger partial charge in [-0.3, -0.25) is 4.79 Å². The van der Waals surface area contributed by atoms with Crippen molar-refractivity contribution in [1.82, 2.24) is 4.90 Å². The third-order valence-electron chi connectivity index (χ3n) is 5.63. The molecule has 5 nitrogen and oxygen atoms in total. The maximum Gasteiger partial charge on any atom is 0.313 e. The van der Waals surface area contributed by atoms with Crippen LogP contribution in [-0.2, 0) is 16.0 Å². The summed E-state index contributed by atoms with van der Waals surface area (Å²) < 4.78 is 5.43. The molecule has 0 saturated carbocycles. The molecular weight excluding hydrogens is 350 g/mol. The summed E-state index contributed by atoms with van der Waals surface area (Å²) in [5, 5.41) is 8.31. The van der Waals surface area contributed by atoms with Crippen LogP contribution in [0.4, 0.5) is 0 Å². The van der Waals surface area contributed by atoms with Crippen molar-refractivity contribution in [3.63, 3.8) is 0 Å². The molecule has 3 aliphatic rings. The van der Waals surface area contributed by atoms with Crippen LogP contribution in [0.1, 0.15) is 25.3 Å². The third-order valence-corrected chi connectivity index (χ3v) is 6.25. The molecule has 0 spiro atoms. The maximum atomic E-state index is 12.9. The molecule has 1 fully saturated rings. The van der Waals surface area contributed by atoms with Crippen molar-refractivity contribution >= 4 is 29.5 Å². The summed E-state index contributed by atoms with van der Waals surface area (Å²) in [4.78, 5) is 14.1. The number of hydrogen-bond acceptors (Lipinski definition) is 5. The molecule has 1 saturated heterocycles. The van der Waals surface area contributed by atoms with E-state index in [0.717, 1.165) is 35.4 Å². The topological polar surface area (TPSA) is 54.3 Å². The highest BCUT2D eigenvalue weighted by atomic mass is 35.5. The van der Waals surface area contributed by atoms with Crippen molar-refractivity contribution in [2.45, 2.75) is 31.2 Å². The molecule has 1 aromatic rings. The van der Waals surface area contributed by atoms with Gasteiger partial charge in [0.05, 0.1) is 18.5 Å². The Bertz CT molecular complexity index is 818. The number of carbonyl (C=O) groups is 1. The molecule has 136 valence electrons. The van der Waals surface area contributed by atoms with Gasteiger partial charge in [0, 0.05) is 30.7 Å². The fourth-order valence-electron chi connectivity index (χ4n) is 4.47. The second-order valence-electron chi connectivity index (χ2n) is 7.01. The van der Waals surface area contributed by atoms with Gasteiger partial charge in [-0.15, -0.1) is 0 Å². The van der Waals surface area contributed by atoms with E-state index in [2.05, 4.69) is 15.1 Å². The smallest absolute Gasteiger partial charge is 0.313 e. The fourth-order valence-corrected chi connectivity index (χ4v) is 4.96. The number of rotatable bonds is 4. The molecule has 2 heterocycles. The zero-order chi connectivity index (χ0) is 18.3. The Morgan fingerprint density at radius 3 is 2.88 bits per heavy atom. The van der Waals surface area contributed by atoms with Crippen molar-refractivity contribution in [1.29, 1.82) is 0 Å². The lowest BCUT2D eigenvalue weighted by molar-refractivity contribution is -0.151. The monoisotopic (exact) mass is 371 g/mol. The first kappa shape index (κ1) is 17.3. The van der Waals surface area contributed by atoms with E-state index in [1.165, 1.54) is 0 Å². The number of carbonyl (C=O) groups excluding carboxylic acids is 1. The van der Waals surface area contributed by atoms with E-state index < -0.39 is 10.9 Å². The lowest BCUT2D eigenvalue weighted by Crippen LogP contribution is -2.46. The van der Waals surface area contributed by atoms with Gasteiger partial charge in [-0.05, 0) is 25.3 Å². The number of ether oxygens (including phenoxy) is 1. The van der Waals surface area contributed by atoms with E-state index in [1.807, 2.05) is 44.3 Å². The van der Waals surface area contributed by atoms with Gasteiger partial charge in [0.15, 0.2) is 0 Å². The molecule has 0 aromatic heterocycles. The third kappa shape index (κ3) is 2.57. The number of benzene rings is 1. The minimum absolute atomic E-state index is 0.0266. The number of fused-ring (bicyclic) bond motifs is 2. The van der Waals surface area contributed by atoms with Crippen molar-refractivity contribution in [3.8, 4) is 0 Å². The fraction of sp³-hybridized carbons (Fsp3) is 0.450. The molecule has 3 unspecified atom stereocenters. The summed E-state index contributed by atoms with van der Waals surface area (Å²) >= 11 is 7.22. The molecule has 0 amide bonds. The normalized spacial score (nSPS) is 29.5. The summed E-state index contributed by atoms with van der Waals surface area (Å²) in [6.07, 6.45) is 4.00. The van der Waals surface area contributed by atoms with Crippen LogP contribution >= 0.6 is 11.6 Å². The first-order valence-corrected chi connectivity index (χ1v) is 9.41. The van der Waals surface area contributed by atoms with E-state index >= 15 is 0 Å². The zero-order valence-electron chi connectivity index (χ0n) is 15.0. The number of likely N-dealkylation sites (N-methyl/N-ethyl adjacent to an activating group) is 1. The molecule has 26 heavy (non-hydrogen) atoms. The summed E-state index contributed by atoms with van der Waals surface area (Å²) in [6, 6.07) is 10.1. The molecule has 0 N–H and O–H groups in total. The summed E-state index contributed by atoms with van der Waals surface area (Å²) in [6.45, 7) is 2.18. The van der Waals surface area contributed by atoms with E-state index in [-0.39, 0.29) is 11.9 Å². The number of nitrogens with zero attached hydrogens (tertiary/aromatic N) is 3. The van der Waals surface area contributed by atoms with Crippen LogP contribution in [0.2, 0.25) is 0 Å². The highest BCUT2D eigenvalue weighted by Crippen LogP contribution is 2.54. The number of halogens is 1. The molecule has 4 rings (SSSR count). The van der Waals surface area contributed by atoms with Crippen LogP contribution in [-0.4, -0.2) is 41.4 Å². The molecule has 2 aliphatic heterocycles. The average Bonchev–Trinajstić information content (AvgIpc) is 3.18. The maximum absolute atomic E-state index is 12.9. The minimum atomic E-state index is -0.869. The van der Waals surface area contributed by atoms with Crippen LogP contribution in [0.15, 0.2) is 51.8 Å². The van der Waals surface area contributed by atoms with Crippen LogP contribution in [0.25, 0.3) is 0 Å². The number of esters is 1. The second-order valence-corrected chi connectivity index (χ2v) is 7.66. The first-order valence-electron chi connectivity index (χ1n) is 9.04. The van der Waals surface area contributed by atoms with Crippen molar-refractivity contribution in [2.75, 3.05) is 13.7 Å². The second kappa shape index (κ2) is 6.54. The van der Waals surface area contributed by atoms with Gasteiger partial charge < -0.3 is 9.64 Å². The minimum Gasteiger partial charge on any atom is -0.466 e. The summed E-state index contributed by atoms with van der Waals surface area (Å²) in [7, 11) is 1.97. The van der Waals surface area contributed by atoms with Crippen molar-refractivity contribution in [3.05, 3.63) is 47.2 Å². The summed E-state index contributed by atoms with van der Waals surface area (Å²) in [5.41, 5.74) is 4.18. The predicted molar refractivity (Wildman–Crippen MR) is 102 cm³/mol. The Morgan fingerprint density at radius 2 is 2.15 bits per heavy atom. The molecule has 0 radical (unpaired) electrons. The molecule has 3 atom stereocenters. The predicted octanol–water partition coefficient (Wildman–Crippen LogP) is 3.39. The standard InChI is InChI=1S/C20H22ClN3O2/c1-3-26-19(25)17-14-9-10-16-15(12-22-23-16)18(14)24(2)20(17,21)11-13-7-5-4-6-8-13/h4-8,12,14,17H,3,9-11H2,1-2H3. The van der Waals surface area contributed by atoms with Gasteiger partial charge in [0.1, 0.15) is 10.9 Å². The first-order chi connectivity index (χ1) is 12.6. The molecule has 1 aliphatic carbocycles. The average molecular weight is 372 g/mol. The lowest BCUT2D eigenvalue weighted by Gasteiger charge is -2.35. The molecule has 1 aromatic carbocycles. The summed E-state index contributed by atoms with van der Waals surface area (Å²) in [5.74, 6) is -0.618. The van der Waals surface area contributed by atoms with Gasteiger partial charge in [0.2, 0.25) is 0 Å². The number of alkyl halides is 1. The van der Waals surface area contributed by atoms with E-state index in [1.54, 1.807) is 6.21 Å². The largest absolute Gasteiger partial charge is 0.466 e. The molecular formula is C20H22ClN3O2. The van der Waals surface area contributed by atoms with Crippen LogP contribution in [0.3, 0.4) is 0 Å². The number of allylic oxidation sites excluding steroid dienone is 2.